The van der Waals surface area contributed by atoms with Crippen LogP contribution >= 0.6 is 0 Å². The van der Waals surface area contributed by atoms with Crippen molar-refractivity contribution in [2.75, 3.05) is 32.1 Å². The molecule has 29 heavy (non-hydrogen) atoms. The van der Waals surface area contributed by atoms with Crippen LogP contribution in [-0.4, -0.2) is 49.7 Å². The maximum absolute atomic E-state index is 13.0. The lowest BCUT2D eigenvalue weighted by Gasteiger charge is -2.34. The topological polar surface area (TPSA) is 79.0 Å². The zero-order valence-corrected chi connectivity index (χ0v) is 17.8. The minimum atomic E-state index is -3.71. The molecule has 0 saturated carbocycles. The first-order chi connectivity index (χ1) is 13.8. The Morgan fingerprint density at radius 2 is 1.79 bits per heavy atom. The summed E-state index contributed by atoms with van der Waals surface area (Å²) < 4.78 is 34.0. The fraction of sp³-hybridized carbons (Fsp3) is 0.381. The molecule has 0 unspecified atom stereocenters. The highest BCUT2D eigenvalue weighted by Crippen LogP contribution is 2.25. The smallest absolute Gasteiger partial charge is 0.282 e. The molecule has 1 N–H and O–H groups in total. The molecule has 7 nitrogen and oxygen atoms in total. The molecule has 2 aromatic carbocycles. The summed E-state index contributed by atoms with van der Waals surface area (Å²) in [6.45, 7) is 4.72. The maximum Gasteiger partial charge on any atom is 0.282 e. The molecule has 156 valence electrons. The summed E-state index contributed by atoms with van der Waals surface area (Å²) in [6.07, 6.45) is 0.673. The molecule has 3 rings (SSSR count). The number of benzene rings is 2. The van der Waals surface area contributed by atoms with Gasteiger partial charge in [0.15, 0.2) is 0 Å². The second kappa shape index (κ2) is 8.94. The van der Waals surface area contributed by atoms with Gasteiger partial charge >= 0.3 is 0 Å². The van der Waals surface area contributed by atoms with Crippen molar-refractivity contribution in [1.29, 1.82) is 0 Å². The standard InChI is InChI=1S/C21H27N3O4S/c1-16-6-4-7-18(12-16)14-23-10-5-11-24(29(23,26)27)15-21(25)22-19-13-17(2)8-9-20(19)28-3/h4,6-9,12-13H,5,10-11,14-15H2,1-3H3,(H,22,25). The van der Waals surface area contributed by atoms with Gasteiger partial charge in [0.25, 0.3) is 10.2 Å². The second-order valence-electron chi connectivity index (χ2n) is 7.27. The first-order valence-electron chi connectivity index (χ1n) is 9.55. The fourth-order valence-corrected chi connectivity index (χ4v) is 5.06. The number of carbonyl (C=O) groups is 1. The highest BCUT2D eigenvalue weighted by atomic mass is 32.2. The number of aryl methyl sites for hydroxylation is 2. The van der Waals surface area contributed by atoms with Crippen molar-refractivity contribution in [1.82, 2.24) is 8.61 Å². The molecule has 0 bridgehead atoms. The van der Waals surface area contributed by atoms with Crippen LogP contribution in [0, 0.1) is 13.8 Å². The van der Waals surface area contributed by atoms with Crippen LogP contribution in [-0.2, 0) is 21.5 Å². The zero-order valence-electron chi connectivity index (χ0n) is 17.0. The summed E-state index contributed by atoms with van der Waals surface area (Å²) >= 11 is 0. The maximum atomic E-state index is 13.0. The van der Waals surface area contributed by atoms with Crippen LogP contribution in [0.5, 0.6) is 5.75 Å². The molecule has 1 aliphatic heterocycles. The second-order valence-corrected chi connectivity index (χ2v) is 9.20. The Morgan fingerprint density at radius 3 is 2.52 bits per heavy atom. The fourth-order valence-electron chi connectivity index (χ4n) is 3.42. The van der Waals surface area contributed by atoms with Crippen LogP contribution in [0.15, 0.2) is 42.5 Å². The van der Waals surface area contributed by atoms with E-state index in [-0.39, 0.29) is 6.54 Å². The monoisotopic (exact) mass is 417 g/mol. The van der Waals surface area contributed by atoms with Crippen molar-refractivity contribution >= 4 is 21.8 Å². The Balaban J connectivity index is 1.70. The van der Waals surface area contributed by atoms with Gasteiger partial charge in [-0.1, -0.05) is 35.9 Å². The normalized spacial score (nSPS) is 17.1. The molecule has 2 aromatic rings. The van der Waals surface area contributed by atoms with E-state index in [0.29, 0.717) is 37.5 Å². The lowest BCUT2D eigenvalue weighted by molar-refractivity contribution is -0.116. The van der Waals surface area contributed by atoms with E-state index in [4.69, 9.17) is 4.74 Å². The van der Waals surface area contributed by atoms with Crippen LogP contribution < -0.4 is 10.1 Å². The number of hydrogen-bond donors (Lipinski definition) is 1. The summed E-state index contributed by atoms with van der Waals surface area (Å²) in [5.74, 6) is 0.140. The summed E-state index contributed by atoms with van der Waals surface area (Å²) in [5, 5.41) is 2.77. The van der Waals surface area contributed by atoms with E-state index >= 15 is 0 Å². The Labute approximate surface area is 172 Å². The molecule has 0 aliphatic carbocycles. The zero-order chi connectivity index (χ0) is 21.0. The third-order valence-corrected chi connectivity index (χ3v) is 6.79. The number of methoxy groups -OCH3 is 1. The number of ether oxygens (including phenoxy) is 1. The van der Waals surface area contributed by atoms with E-state index in [1.165, 1.54) is 15.7 Å². The lowest BCUT2D eigenvalue weighted by Crippen LogP contribution is -2.51. The molecule has 1 heterocycles. The van der Waals surface area contributed by atoms with Gasteiger partial charge in [-0.25, -0.2) is 0 Å². The van der Waals surface area contributed by atoms with Crippen LogP contribution in [0.1, 0.15) is 23.1 Å². The molecule has 1 amide bonds. The highest BCUT2D eigenvalue weighted by molar-refractivity contribution is 7.86. The van der Waals surface area contributed by atoms with Gasteiger partial charge in [0, 0.05) is 19.6 Å². The predicted octanol–water partition coefficient (Wildman–Crippen LogP) is 2.70. The third kappa shape index (κ3) is 5.14. The van der Waals surface area contributed by atoms with E-state index in [1.54, 1.807) is 12.1 Å². The summed E-state index contributed by atoms with van der Waals surface area (Å²) in [4.78, 5) is 12.6. The van der Waals surface area contributed by atoms with Gasteiger partial charge < -0.3 is 10.1 Å². The number of hydrogen-bond acceptors (Lipinski definition) is 4. The van der Waals surface area contributed by atoms with E-state index in [2.05, 4.69) is 5.32 Å². The predicted molar refractivity (Wildman–Crippen MR) is 113 cm³/mol. The van der Waals surface area contributed by atoms with Crippen molar-refractivity contribution in [3.8, 4) is 5.75 Å². The highest BCUT2D eigenvalue weighted by Gasteiger charge is 2.34. The number of carbonyl (C=O) groups excluding carboxylic acids is 1. The molecule has 1 saturated heterocycles. The van der Waals surface area contributed by atoms with Crippen molar-refractivity contribution in [2.45, 2.75) is 26.8 Å². The molecule has 0 atom stereocenters. The largest absolute Gasteiger partial charge is 0.495 e. The average molecular weight is 418 g/mol. The summed E-state index contributed by atoms with van der Waals surface area (Å²) in [5.41, 5.74) is 3.52. The van der Waals surface area contributed by atoms with Gasteiger partial charge in [0.05, 0.1) is 19.3 Å². The molecule has 0 aromatic heterocycles. The minimum Gasteiger partial charge on any atom is -0.495 e. The Bertz CT molecular complexity index is 991. The molecule has 1 aliphatic rings. The summed E-state index contributed by atoms with van der Waals surface area (Å²) in [7, 11) is -2.19. The van der Waals surface area contributed by atoms with E-state index in [0.717, 1.165) is 16.7 Å². The summed E-state index contributed by atoms with van der Waals surface area (Å²) in [6, 6.07) is 13.2. The van der Waals surface area contributed by atoms with Crippen LogP contribution in [0.25, 0.3) is 0 Å². The molecular weight excluding hydrogens is 390 g/mol. The Hall–Kier alpha value is -2.42. The molecular formula is C21H27N3O4S. The quantitative estimate of drug-likeness (QED) is 0.784. The van der Waals surface area contributed by atoms with Gasteiger partial charge in [-0.05, 0) is 43.5 Å². The van der Waals surface area contributed by atoms with Gasteiger partial charge in [-0.2, -0.15) is 17.0 Å². The van der Waals surface area contributed by atoms with Gasteiger partial charge in [-0.3, -0.25) is 4.79 Å². The number of nitrogens with zero attached hydrogens (tertiary/aromatic N) is 2. The molecule has 1 fully saturated rings. The van der Waals surface area contributed by atoms with E-state index < -0.39 is 16.1 Å². The van der Waals surface area contributed by atoms with Crippen LogP contribution in [0.4, 0.5) is 5.69 Å². The first-order valence-corrected chi connectivity index (χ1v) is 10.9. The SMILES string of the molecule is COc1ccc(C)cc1NC(=O)CN1CCCN(Cc2cccc(C)c2)S1(=O)=O. The van der Waals surface area contributed by atoms with Crippen molar-refractivity contribution in [3.05, 3.63) is 59.2 Å². The van der Waals surface area contributed by atoms with Crippen molar-refractivity contribution < 1.29 is 17.9 Å². The van der Waals surface area contributed by atoms with Crippen LogP contribution in [0.2, 0.25) is 0 Å². The number of nitrogens with one attached hydrogen (secondary N) is 1. The minimum absolute atomic E-state index is 0.232. The number of anilines is 1. The van der Waals surface area contributed by atoms with Crippen molar-refractivity contribution in [3.63, 3.8) is 0 Å². The van der Waals surface area contributed by atoms with Crippen molar-refractivity contribution in [2.24, 2.45) is 0 Å². The average Bonchev–Trinajstić information content (AvgIpc) is 2.65. The van der Waals surface area contributed by atoms with Gasteiger partial charge in [0.2, 0.25) is 5.91 Å². The van der Waals surface area contributed by atoms with Crippen LogP contribution in [0.3, 0.4) is 0 Å². The molecule has 8 heteroatoms. The lowest BCUT2D eigenvalue weighted by atomic mass is 10.1. The van der Waals surface area contributed by atoms with Gasteiger partial charge in [0.1, 0.15) is 5.75 Å². The van der Waals surface area contributed by atoms with E-state index in [1.807, 2.05) is 44.2 Å². The first kappa shape index (κ1) is 21.3. The number of amides is 1. The number of rotatable bonds is 6. The van der Waals surface area contributed by atoms with E-state index in [9.17, 15) is 13.2 Å². The third-order valence-electron chi connectivity index (χ3n) is 4.86. The Morgan fingerprint density at radius 1 is 1.07 bits per heavy atom. The molecule has 0 spiro atoms. The molecule has 0 radical (unpaired) electrons. The Kier molecular flexibility index (Phi) is 6.56. The van der Waals surface area contributed by atoms with Gasteiger partial charge in [-0.15, -0.1) is 0 Å².